The van der Waals surface area contributed by atoms with Gasteiger partial charge in [0.25, 0.3) is 0 Å². The Kier molecular flexibility index (Phi) is 7.89. The van der Waals surface area contributed by atoms with Crippen molar-refractivity contribution in [2.24, 2.45) is 4.99 Å². The maximum Gasteiger partial charge on any atom is 0.191 e. The van der Waals surface area contributed by atoms with E-state index in [1.54, 1.807) is 0 Å². The molecular formula is C14H23N3OS. The Morgan fingerprint density at radius 3 is 2.58 bits per heavy atom. The molecule has 0 aromatic heterocycles. The van der Waals surface area contributed by atoms with Gasteiger partial charge in [-0.2, -0.15) is 0 Å². The summed E-state index contributed by atoms with van der Waals surface area (Å²) in [4.78, 5) is 5.27. The van der Waals surface area contributed by atoms with Crippen molar-refractivity contribution >= 4 is 16.8 Å². The summed E-state index contributed by atoms with van der Waals surface area (Å²) in [5, 5.41) is 6.37. The fourth-order valence-electron chi connectivity index (χ4n) is 1.52. The molecule has 0 radical (unpaired) electrons. The van der Waals surface area contributed by atoms with Gasteiger partial charge >= 0.3 is 0 Å². The van der Waals surface area contributed by atoms with Gasteiger partial charge in [0.1, 0.15) is 0 Å². The van der Waals surface area contributed by atoms with Crippen LogP contribution in [-0.2, 0) is 10.8 Å². The normalized spacial score (nSPS) is 13.1. The Labute approximate surface area is 118 Å². The molecule has 0 heterocycles. The average molecular weight is 281 g/mol. The zero-order valence-electron chi connectivity index (χ0n) is 11.7. The van der Waals surface area contributed by atoms with Crippen LogP contribution in [0.25, 0.3) is 0 Å². The maximum absolute atomic E-state index is 12.0. The van der Waals surface area contributed by atoms with Crippen molar-refractivity contribution in [1.29, 1.82) is 0 Å². The lowest BCUT2D eigenvalue weighted by atomic mass is 10.4. The quantitative estimate of drug-likeness (QED) is 0.591. The number of benzene rings is 1. The third kappa shape index (κ3) is 6.38. The van der Waals surface area contributed by atoms with Gasteiger partial charge < -0.3 is 10.6 Å². The van der Waals surface area contributed by atoms with Gasteiger partial charge in [0.15, 0.2) is 5.96 Å². The summed E-state index contributed by atoms with van der Waals surface area (Å²) in [5.74, 6) is 1.38. The minimum absolute atomic E-state index is 0.584. The molecule has 2 N–H and O–H groups in total. The molecule has 0 spiro atoms. The van der Waals surface area contributed by atoms with E-state index in [9.17, 15) is 4.21 Å². The van der Waals surface area contributed by atoms with Crippen molar-refractivity contribution in [2.75, 3.05) is 25.4 Å². The molecule has 0 saturated heterocycles. The van der Waals surface area contributed by atoms with Crippen LogP contribution in [0.4, 0.5) is 0 Å². The second kappa shape index (κ2) is 9.55. The highest BCUT2D eigenvalue weighted by atomic mass is 32.2. The molecular weight excluding hydrogens is 258 g/mol. The fraction of sp³-hybridized carbons (Fsp3) is 0.500. The monoisotopic (exact) mass is 281 g/mol. The van der Waals surface area contributed by atoms with Gasteiger partial charge in [0.2, 0.25) is 0 Å². The second-order valence-electron chi connectivity index (χ2n) is 4.05. The first-order valence-corrected chi connectivity index (χ1v) is 8.05. The van der Waals surface area contributed by atoms with Crippen molar-refractivity contribution in [3.8, 4) is 0 Å². The van der Waals surface area contributed by atoms with Crippen LogP contribution < -0.4 is 10.6 Å². The van der Waals surface area contributed by atoms with E-state index in [-0.39, 0.29) is 0 Å². The Hall–Kier alpha value is -1.36. The predicted octanol–water partition coefficient (Wildman–Crippen LogP) is 1.76. The van der Waals surface area contributed by atoms with Gasteiger partial charge in [0, 0.05) is 30.3 Å². The van der Waals surface area contributed by atoms with Crippen molar-refractivity contribution in [3.63, 3.8) is 0 Å². The molecule has 5 heteroatoms. The summed E-state index contributed by atoms with van der Waals surface area (Å²) in [6.45, 7) is 6.41. The third-order valence-corrected chi connectivity index (χ3v) is 3.80. The van der Waals surface area contributed by atoms with Gasteiger partial charge in [-0.3, -0.25) is 9.20 Å². The molecule has 1 unspecified atom stereocenters. The molecule has 1 rings (SSSR count). The smallest absolute Gasteiger partial charge is 0.191 e. The van der Waals surface area contributed by atoms with E-state index in [0.29, 0.717) is 12.3 Å². The van der Waals surface area contributed by atoms with Gasteiger partial charge in [-0.1, -0.05) is 25.1 Å². The first-order chi connectivity index (χ1) is 9.27. The minimum atomic E-state index is -0.955. The van der Waals surface area contributed by atoms with E-state index in [1.807, 2.05) is 37.3 Å². The summed E-state index contributed by atoms with van der Waals surface area (Å²) < 4.78 is 12.0. The van der Waals surface area contributed by atoms with Gasteiger partial charge in [-0.15, -0.1) is 0 Å². The van der Waals surface area contributed by atoms with Crippen LogP contribution in [-0.4, -0.2) is 35.6 Å². The van der Waals surface area contributed by atoms with Gasteiger partial charge in [0.05, 0.1) is 10.8 Å². The number of nitrogens with one attached hydrogen (secondary N) is 2. The topological polar surface area (TPSA) is 53.5 Å². The number of nitrogens with zero attached hydrogens (tertiary/aromatic N) is 1. The van der Waals surface area contributed by atoms with Crippen LogP contribution in [0.1, 0.15) is 20.3 Å². The molecule has 0 saturated carbocycles. The zero-order chi connectivity index (χ0) is 13.9. The van der Waals surface area contributed by atoms with E-state index >= 15 is 0 Å². The molecule has 0 bridgehead atoms. The molecule has 1 atom stereocenters. The summed E-state index contributed by atoms with van der Waals surface area (Å²) in [6, 6.07) is 9.54. The number of hydrogen-bond donors (Lipinski definition) is 2. The first-order valence-electron chi connectivity index (χ1n) is 6.73. The van der Waals surface area contributed by atoms with E-state index in [4.69, 9.17) is 0 Å². The standard InChI is InChI=1S/C14H23N3OS/c1-3-10-16-14(15-4-2)17-11-12-19(18)13-8-6-5-7-9-13/h5-9H,3-4,10-12H2,1-2H3,(H2,15,16,17). The lowest BCUT2D eigenvalue weighted by Crippen LogP contribution is -2.39. The second-order valence-corrected chi connectivity index (χ2v) is 5.62. The number of hydrogen-bond acceptors (Lipinski definition) is 2. The van der Waals surface area contributed by atoms with E-state index in [1.165, 1.54) is 0 Å². The summed E-state index contributed by atoms with van der Waals surface area (Å²) in [5.41, 5.74) is 0. The maximum atomic E-state index is 12.0. The molecule has 0 amide bonds. The van der Waals surface area contributed by atoms with E-state index in [2.05, 4.69) is 22.5 Å². The van der Waals surface area contributed by atoms with Crippen LogP contribution in [0.3, 0.4) is 0 Å². The van der Waals surface area contributed by atoms with E-state index in [0.717, 1.165) is 30.4 Å². The summed E-state index contributed by atoms with van der Waals surface area (Å²) in [7, 11) is -0.955. The number of rotatable bonds is 7. The Morgan fingerprint density at radius 1 is 1.21 bits per heavy atom. The first kappa shape index (κ1) is 15.7. The van der Waals surface area contributed by atoms with E-state index < -0.39 is 10.8 Å². The highest BCUT2D eigenvalue weighted by molar-refractivity contribution is 7.85. The molecule has 4 nitrogen and oxygen atoms in total. The minimum Gasteiger partial charge on any atom is -0.357 e. The van der Waals surface area contributed by atoms with Crippen molar-refractivity contribution in [3.05, 3.63) is 30.3 Å². The van der Waals surface area contributed by atoms with Crippen LogP contribution in [0, 0.1) is 0 Å². The Bertz CT molecular complexity index is 406. The molecule has 0 fully saturated rings. The van der Waals surface area contributed by atoms with Crippen molar-refractivity contribution < 1.29 is 4.21 Å². The lowest BCUT2D eigenvalue weighted by Gasteiger charge is -2.10. The average Bonchev–Trinajstić information content (AvgIpc) is 2.45. The number of aliphatic imine (C=N–C) groups is 1. The molecule has 0 aliphatic heterocycles. The SMILES string of the molecule is CCCN=C(NCC)NCCS(=O)c1ccccc1. The molecule has 1 aromatic carbocycles. The molecule has 1 aromatic rings. The summed E-state index contributed by atoms with van der Waals surface area (Å²) in [6.07, 6.45) is 1.02. The highest BCUT2D eigenvalue weighted by Gasteiger charge is 2.03. The zero-order valence-corrected chi connectivity index (χ0v) is 12.5. The molecule has 106 valence electrons. The van der Waals surface area contributed by atoms with Gasteiger partial charge in [-0.05, 0) is 25.5 Å². The molecule has 0 aliphatic rings. The predicted molar refractivity (Wildman–Crippen MR) is 82.0 cm³/mol. The van der Waals surface area contributed by atoms with Crippen LogP contribution in [0.15, 0.2) is 40.2 Å². The van der Waals surface area contributed by atoms with Gasteiger partial charge in [-0.25, -0.2) is 0 Å². The Morgan fingerprint density at radius 2 is 1.95 bits per heavy atom. The van der Waals surface area contributed by atoms with Crippen LogP contribution in [0.5, 0.6) is 0 Å². The number of guanidine groups is 1. The largest absolute Gasteiger partial charge is 0.357 e. The van der Waals surface area contributed by atoms with Crippen molar-refractivity contribution in [1.82, 2.24) is 10.6 Å². The van der Waals surface area contributed by atoms with Crippen molar-refractivity contribution in [2.45, 2.75) is 25.2 Å². The lowest BCUT2D eigenvalue weighted by molar-refractivity contribution is 0.681. The molecule has 0 aliphatic carbocycles. The highest BCUT2D eigenvalue weighted by Crippen LogP contribution is 2.04. The molecule has 19 heavy (non-hydrogen) atoms. The van der Waals surface area contributed by atoms with Crippen LogP contribution >= 0.6 is 0 Å². The Balaban J connectivity index is 2.37. The summed E-state index contributed by atoms with van der Waals surface area (Å²) >= 11 is 0. The van der Waals surface area contributed by atoms with Crippen LogP contribution in [0.2, 0.25) is 0 Å². The fourth-order valence-corrected chi connectivity index (χ4v) is 2.50. The third-order valence-electron chi connectivity index (χ3n) is 2.42.